The van der Waals surface area contributed by atoms with Crippen molar-refractivity contribution in [2.75, 3.05) is 33.3 Å². The van der Waals surface area contributed by atoms with E-state index in [1.807, 2.05) is 60.7 Å². The van der Waals surface area contributed by atoms with Gasteiger partial charge in [-0.05, 0) is 56.3 Å². The van der Waals surface area contributed by atoms with Crippen molar-refractivity contribution < 1.29 is 9.53 Å². The molecule has 4 rings (SSSR count). The van der Waals surface area contributed by atoms with E-state index in [1.54, 1.807) is 11.8 Å². The summed E-state index contributed by atoms with van der Waals surface area (Å²) in [5.74, 6) is 0.645. The Balaban J connectivity index is 1.57. The van der Waals surface area contributed by atoms with Crippen molar-refractivity contribution in [1.82, 2.24) is 20.0 Å². The van der Waals surface area contributed by atoms with Gasteiger partial charge in [-0.3, -0.25) is 4.79 Å². The smallest absolute Gasteiger partial charge is 0.270 e. The summed E-state index contributed by atoms with van der Waals surface area (Å²) in [7, 11) is 1.64. The van der Waals surface area contributed by atoms with E-state index in [9.17, 15) is 4.79 Å². The van der Waals surface area contributed by atoms with Crippen molar-refractivity contribution in [3.63, 3.8) is 0 Å². The normalized spacial score (nSPS) is 14.4. The highest BCUT2D eigenvalue weighted by molar-refractivity contribution is 5.94. The maximum atomic E-state index is 13.0. The highest BCUT2D eigenvalue weighted by atomic mass is 16.5. The molecule has 0 radical (unpaired) electrons. The van der Waals surface area contributed by atoms with Crippen LogP contribution in [0.1, 0.15) is 29.8 Å². The Kier molecular flexibility index (Phi) is 6.44. The van der Waals surface area contributed by atoms with Gasteiger partial charge in [-0.15, -0.1) is 0 Å². The molecule has 1 saturated heterocycles. The largest absolute Gasteiger partial charge is 0.497 e. The minimum atomic E-state index is -0.113. The first-order valence-corrected chi connectivity index (χ1v) is 10.5. The third-order valence-electron chi connectivity index (χ3n) is 5.47. The Bertz CT molecular complexity index is 978. The van der Waals surface area contributed by atoms with Crippen LogP contribution < -0.4 is 10.1 Å². The summed E-state index contributed by atoms with van der Waals surface area (Å²) in [6, 6.07) is 19.3. The zero-order chi connectivity index (χ0) is 20.8. The lowest BCUT2D eigenvalue weighted by atomic mass is 10.1. The van der Waals surface area contributed by atoms with Gasteiger partial charge in [0.25, 0.3) is 5.91 Å². The number of benzene rings is 2. The van der Waals surface area contributed by atoms with Gasteiger partial charge in [0.15, 0.2) is 0 Å². The summed E-state index contributed by atoms with van der Waals surface area (Å²) in [5, 5.41) is 7.81. The van der Waals surface area contributed by atoms with Crippen LogP contribution in [-0.4, -0.2) is 53.9 Å². The number of carbonyl (C=O) groups excluding carboxylic acids is 1. The van der Waals surface area contributed by atoms with Crippen molar-refractivity contribution >= 4 is 5.91 Å². The molecule has 156 valence electrons. The highest BCUT2D eigenvalue weighted by Gasteiger charge is 2.18. The molecule has 3 aromatic rings. The Morgan fingerprint density at radius 2 is 1.83 bits per heavy atom. The number of nitrogens with zero attached hydrogens (tertiary/aromatic N) is 3. The topological polar surface area (TPSA) is 59.4 Å². The van der Waals surface area contributed by atoms with E-state index < -0.39 is 0 Å². The van der Waals surface area contributed by atoms with Crippen LogP contribution >= 0.6 is 0 Å². The number of hydrogen-bond donors (Lipinski definition) is 1. The van der Waals surface area contributed by atoms with Crippen LogP contribution in [-0.2, 0) is 0 Å². The van der Waals surface area contributed by atoms with Gasteiger partial charge in [0, 0.05) is 18.7 Å². The number of nitrogens with one attached hydrogen (secondary N) is 1. The number of hydrogen-bond acceptors (Lipinski definition) is 4. The van der Waals surface area contributed by atoms with E-state index in [4.69, 9.17) is 9.84 Å². The van der Waals surface area contributed by atoms with Crippen molar-refractivity contribution in [2.45, 2.75) is 19.3 Å². The molecule has 0 atom stereocenters. The molecule has 0 aliphatic carbocycles. The minimum Gasteiger partial charge on any atom is -0.497 e. The molecule has 6 nitrogen and oxygen atoms in total. The lowest BCUT2D eigenvalue weighted by Crippen LogP contribution is -2.38. The number of aromatic nitrogens is 2. The summed E-state index contributed by atoms with van der Waals surface area (Å²) < 4.78 is 7.05. The van der Waals surface area contributed by atoms with E-state index in [0.29, 0.717) is 12.2 Å². The van der Waals surface area contributed by atoms with Crippen LogP contribution in [0.5, 0.6) is 5.75 Å². The molecular weight excluding hydrogens is 376 g/mol. The Morgan fingerprint density at radius 3 is 2.60 bits per heavy atom. The van der Waals surface area contributed by atoms with Gasteiger partial charge in [-0.25, -0.2) is 4.68 Å². The van der Waals surface area contributed by atoms with Crippen molar-refractivity contribution in [3.05, 3.63) is 66.4 Å². The highest BCUT2D eigenvalue weighted by Crippen LogP contribution is 2.25. The summed E-state index contributed by atoms with van der Waals surface area (Å²) >= 11 is 0. The van der Waals surface area contributed by atoms with Crippen LogP contribution in [0, 0.1) is 0 Å². The maximum Gasteiger partial charge on any atom is 0.270 e. The first kappa shape index (κ1) is 20.2. The lowest BCUT2D eigenvalue weighted by molar-refractivity contribution is 0.0939. The second-order valence-electron chi connectivity index (χ2n) is 7.55. The van der Waals surface area contributed by atoms with Gasteiger partial charge in [-0.1, -0.05) is 36.8 Å². The molecule has 6 heteroatoms. The number of rotatable bonds is 7. The quantitative estimate of drug-likeness (QED) is 0.651. The monoisotopic (exact) mass is 404 g/mol. The first-order chi connectivity index (χ1) is 14.7. The van der Waals surface area contributed by atoms with Gasteiger partial charge in [0.05, 0.1) is 18.5 Å². The lowest BCUT2D eigenvalue weighted by Gasteiger charge is -2.26. The fraction of sp³-hybridized carbons (Fsp3) is 0.333. The van der Waals surface area contributed by atoms with Crippen LogP contribution in [0.4, 0.5) is 0 Å². The molecule has 0 bridgehead atoms. The number of carbonyl (C=O) groups is 1. The van der Waals surface area contributed by atoms with E-state index in [1.165, 1.54) is 19.3 Å². The molecule has 0 spiro atoms. The van der Waals surface area contributed by atoms with Crippen molar-refractivity contribution in [2.24, 2.45) is 0 Å². The van der Waals surface area contributed by atoms with Gasteiger partial charge in [0.1, 0.15) is 11.4 Å². The fourth-order valence-electron chi connectivity index (χ4n) is 3.83. The molecule has 2 aromatic carbocycles. The Hall–Kier alpha value is -3.12. The second-order valence-corrected chi connectivity index (χ2v) is 7.55. The van der Waals surface area contributed by atoms with Gasteiger partial charge in [0.2, 0.25) is 0 Å². The fourth-order valence-corrected chi connectivity index (χ4v) is 3.83. The molecule has 1 aromatic heterocycles. The molecule has 30 heavy (non-hydrogen) atoms. The molecule has 1 aliphatic rings. The average molecular weight is 405 g/mol. The van der Waals surface area contributed by atoms with Crippen molar-refractivity contribution in [1.29, 1.82) is 0 Å². The van der Waals surface area contributed by atoms with Crippen LogP contribution in [0.2, 0.25) is 0 Å². The van der Waals surface area contributed by atoms with E-state index >= 15 is 0 Å². The molecule has 0 unspecified atom stereocenters. The zero-order valence-corrected chi connectivity index (χ0v) is 17.4. The molecule has 0 saturated carbocycles. The van der Waals surface area contributed by atoms with Crippen LogP contribution in [0.25, 0.3) is 16.9 Å². The third-order valence-corrected chi connectivity index (χ3v) is 5.47. The third kappa shape index (κ3) is 4.71. The molecule has 1 amide bonds. The predicted molar refractivity (Wildman–Crippen MR) is 118 cm³/mol. The van der Waals surface area contributed by atoms with Gasteiger partial charge in [-0.2, -0.15) is 5.10 Å². The molecular formula is C24H28N4O2. The summed E-state index contributed by atoms with van der Waals surface area (Å²) in [6.45, 7) is 3.76. The SMILES string of the molecule is COc1cccc(-c2cc(C(=O)NCCN3CCCCC3)n(-c3ccccc3)n2)c1. The summed E-state index contributed by atoms with van der Waals surface area (Å²) in [4.78, 5) is 15.4. The van der Waals surface area contributed by atoms with E-state index in [2.05, 4.69) is 10.2 Å². The van der Waals surface area contributed by atoms with Gasteiger partial charge >= 0.3 is 0 Å². The molecule has 2 heterocycles. The average Bonchev–Trinajstić information content (AvgIpc) is 3.26. The minimum absolute atomic E-state index is 0.113. The van der Waals surface area contributed by atoms with Crippen LogP contribution in [0.15, 0.2) is 60.7 Å². The summed E-state index contributed by atoms with van der Waals surface area (Å²) in [6.07, 6.45) is 3.81. The number of amides is 1. The first-order valence-electron chi connectivity index (χ1n) is 10.5. The van der Waals surface area contributed by atoms with E-state index in [0.717, 1.165) is 42.3 Å². The number of methoxy groups -OCH3 is 1. The number of piperidine rings is 1. The Morgan fingerprint density at radius 1 is 1.03 bits per heavy atom. The standard InChI is InChI=1S/C24H28N4O2/c1-30-21-12-8-9-19(17-21)22-18-23(28(26-22)20-10-4-2-5-11-20)24(29)25-13-16-27-14-6-3-7-15-27/h2,4-5,8-12,17-18H,3,6-7,13-16H2,1H3,(H,25,29). The number of ether oxygens (including phenoxy) is 1. The molecule has 1 fully saturated rings. The second kappa shape index (κ2) is 9.59. The van der Waals surface area contributed by atoms with Crippen LogP contribution in [0.3, 0.4) is 0 Å². The maximum absolute atomic E-state index is 13.0. The zero-order valence-electron chi connectivity index (χ0n) is 17.4. The van der Waals surface area contributed by atoms with Gasteiger partial charge < -0.3 is 15.0 Å². The summed E-state index contributed by atoms with van der Waals surface area (Å²) in [5.41, 5.74) is 3.02. The molecule has 1 N–H and O–H groups in total. The number of likely N-dealkylation sites (tertiary alicyclic amines) is 1. The predicted octanol–water partition coefficient (Wildman–Crippen LogP) is 3.76. The van der Waals surface area contributed by atoms with Crippen molar-refractivity contribution in [3.8, 4) is 22.7 Å². The Labute approximate surface area is 177 Å². The number of para-hydroxylation sites is 1. The van der Waals surface area contributed by atoms with E-state index in [-0.39, 0.29) is 5.91 Å². The molecule has 1 aliphatic heterocycles.